The Morgan fingerprint density at radius 2 is 2.18 bits per heavy atom. The van der Waals surface area contributed by atoms with E-state index in [-0.39, 0.29) is 18.3 Å². The SMILES string of the molecule is CCOCCCC(=O)N1CCNC(C)C1C.Cl. The van der Waals surface area contributed by atoms with Gasteiger partial charge in [-0.15, -0.1) is 12.4 Å². The van der Waals surface area contributed by atoms with Crippen LogP contribution in [0.1, 0.15) is 33.6 Å². The highest BCUT2D eigenvalue weighted by atomic mass is 35.5. The van der Waals surface area contributed by atoms with Crippen LogP contribution < -0.4 is 5.32 Å². The van der Waals surface area contributed by atoms with Crippen molar-refractivity contribution in [1.29, 1.82) is 0 Å². The third kappa shape index (κ3) is 5.23. The maximum Gasteiger partial charge on any atom is 0.222 e. The van der Waals surface area contributed by atoms with Gasteiger partial charge in [0.1, 0.15) is 0 Å². The van der Waals surface area contributed by atoms with Crippen molar-refractivity contribution in [2.45, 2.75) is 45.7 Å². The van der Waals surface area contributed by atoms with Gasteiger partial charge in [0.05, 0.1) is 0 Å². The van der Waals surface area contributed by atoms with Gasteiger partial charge in [-0.25, -0.2) is 0 Å². The molecule has 0 aliphatic carbocycles. The molecular formula is C12H25ClN2O2. The van der Waals surface area contributed by atoms with Gasteiger partial charge in [0.25, 0.3) is 0 Å². The number of halogens is 1. The van der Waals surface area contributed by atoms with E-state index in [4.69, 9.17) is 4.74 Å². The molecule has 1 heterocycles. The van der Waals surface area contributed by atoms with Crippen LogP contribution in [-0.2, 0) is 9.53 Å². The van der Waals surface area contributed by atoms with Crippen LogP contribution in [0.3, 0.4) is 0 Å². The van der Waals surface area contributed by atoms with E-state index in [1.54, 1.807) is 0 Å². The summed E-state index contributed by atoms with van der Waals surface area (Å²) in [7, 11) is 0. The summed E-state index contributed by atoms with van der Waals surface area (Å²) in [6, 6.07) is 0.693. The van der Waals surface area contributed by atoms with Crippen molar-refractivity contribution in [3.63, 3.8) is 0 Å². The molecule has 1 amide bonds. The quantitative estimate of drug-likeness (QED) is 0.764. The fourth-order valence-electron chi connectivity index (χ4n) is 2.02. The first kappa shape index (κ1) is 16.7. The van der Waals surface area contributed by atoms with E-state index in [2.05, 4.69) is 19.2 Å². The highest BCUT2D eigenvalue weighted by Crippen LogP contribution is 2.11. The van der Waals surface area contributed by atoms with Crippen molar-refractivity contribution < 1.29 is 9.53 Å². The summed E-state index contributed by atoms with van der Waals surface area (Å²) in [6.45, 7) is 9.37. The molecule has 1 fully saturated rings. The number of carbonyl (C=O) groups excluding carboxylic acids is 1. The van der Waals surface area contributed by atoms with Gasteiger partial charge in [0.2, 0.25) is 5.91 Å². The van der Waals surface area contributed by atoms with Gasteiger partial charge in [0, 0.05) is 44.8 Å². The summed E-state index contributed by atoms with van der Waals surface area (Å²) in [4.78, 5) is 14.0. The summed E-state index contributed by atoms with van der Waals surface area (Å²) in [5.74, 6) is 0.264. The molecule has 4 nitrogen and oxygen atoms in total. The van der Waals surface area contributed by atoms with Crippen molar-refractivity contribution in [1.82, 2.24) is 10.2 Å². The molecule has 0 aromatic heterocycles. The Kier molecular flexibility index (Phi) is 8.56. The molecule has 102 valence electrons. The first-order valence-corrected chi connectivity index (χ1v) is 6.27. The minimum Gasteiger partial charge on any atom is -0.382 e. The molecule has 5 heteroatoms. The van der Waals surface area contributed by atoms with Crippen LogP contribution >= 0.6 is 12.4 Å². The molecule has 0 aromatic rings. The second-order valence-corrected chi connectivity index (χ2v) is 4.37. The second-order valence-electron chi connectivity index (χ2n) is 4.37. The van der Waals surface area contributed by atoms with Crippen LogP contribution in [0, 0.1) is 0 Å². The number of ether oxygens (including phenoxy) is 1. The highest BCUT2D eigenvalue weighted by Gasteiger charge is 2.27. The van der Waals surface area contributed by atoms with Gasteiger partial charge in [0.15, 0.2) is 0 Å². The standard InChI is InChI=1S/C12H24N2O2.ClH/c1-4-16-9-5-6-12(15)14-8-7-13-10(2)11(14)3;/h10-11,13H,4-9H2,1-3H3;1H. The van der Waals surface area contributed by atoms with Crippen molar-refractivity contribution in [3.8, 4) is 0 Å². The first-order chi connectivity index (χ1) is 7.66. The van der Waals surface area contributed by atoms with E-state index >= 15 is 0 Å². The van der Waals surface area contributed by atoms with Crippen LogP contribution in [-0.4, -0.2) is 49.2 Å². The third-order valence-corrected chi connectivity index (χ3v) is 3.24. The van der Waals surface area contributed by atoms with Gasteiger partial charge in [-0.05, 0) is 27.2 Å². The Morgan fingerprint density at radius 3 is 2.82 bits per heavy atom. The maximum atomic E-state index is 12.0. The van der Waals surface area contributed by atoms with Gasteiger partial charge < -0.3 is 15.0 Å². The first-order valence-electron chi connectivity index (χ1n) is 6.27. The lowest BCUT2D eigenvalue weighted by Crippen LogP contribution is -2.57. The predicted molar refractivity (Wildman–Crippen MR) is 71.6 cm³/mol. The Labute approximate surface area is 110 Å². The van der Waals surface area contributed by atoms with E-state index < -0.39 is 0 Å². The van der Waals surface area contributed by atoms with Crippen LogP contribution in [0.4, 0.5) is 0 Å². The normalized spacial score (nSPS) is 24.3. The van der Waals surface area contributed by atoms with Gasteiger partial charge in [-0.1, -0.05) is 0 Å². The highest BCUT2D eigenvalue weighted by molar-refractivity contribution is 5.85. The lowest BCUT2D eigenvalue weighted by Gasteiger charge is -2.38. The van der Waals surface area contributed by atoms with Gasteiger partial charge >= 0.3 is 0 Å². The van der Waals surface area contributed by atoms with Crippen molar-refractivity contribution in [3.05, 3.63) is 0 Å². The summed E-state index contributed by atoms with van der Waals surface area (Å²) in [5.41, 5.74) is 0. The average Bonchev–Trinajstić information content (AvgIpc) is 2.28. The van der Waals surface area contributed by atoms with E-state index in [1.807, 2.05) is 11.8 Å². The monoisotopic (exact) mass is 264 g/mol. The molecule has 2 unspecified atom stereocenters. The van der Waals surface area contributed by atoms with Crippen LogP contribution in [0.5, 0.6) is 0 Å². The zero-order chi connectivity index (χ0) is 12.0. The minimum absolute atomic E-state index is 0. The number of piperazine rings is 1. The topological polar surface area (TPSA) is 41.6 Å². The Morgan fingerprint density at radius 1 is 1.47 bits per heavy atom. The second kappa shape index (κ2) is 8.72. The molecule has 0 spiro atoms. The van der Waals surface area contributed by atoms with E-state index in [0.717, 1.165) is 26.1 Å². The molecule has 1 saturated heterocycles. The molecule has 1 N–H and O–H groups in total. The smallest absolute Gasteiger partial charge is 0.222 e. The van der Waals surface area contributed by atoms with Crippen molar-refractivity contribution >= 4 is 18.3 Å². The molecular weight excluding hydrogens is 240 g/mol. The fraction of sp³-hybridized carbons (Fsp3) is 0.917. The van der Waals surface area contributed by atoms with Crippen LogP contribution in [0.2, 0.25) is 0 Å². The molecule has 0 radical (unpaired) electrons. The molecule has 0 aromatic carbocycles. The maximum absolute atomic E-state index is 12.0. The zero-order valence-electron chi connectivity index (χ0n) is 11.1. The zero-order valence-corrected chi connectivity index (χ0v) is 11.9. The van der Waals surface area contributed by atoms with Gasteiger partial charge in [-0.2, -0.15) is 0 Å². The van der Waals surface area contributed by atoms with Crippen molar-refractivity contribution in [2.24, 2.45) is 0 Å². The van der Waals surface area contributed by atoms with Crippen LogP contribution in [0.25, 0.3) is 0 Å². The molecule has 2 atom stereocenters. The van der Waals surface area contributed by atoms with E-state index in [9.17, 15) is 4.79 Å². The van der Waals surface area contributed by atoms with Gasteiger partial charge in [-0.3, -0.25) is 4.79 Å². The lowest BCUT2D eigenvalue weighted by atomic mass is 10.1. The van der Waals surface area contributed by atoms with E-state index in [1.165, 1.54) is 0 Å². The number of hydrogen-bond donors (Lipinski definition) is 1. The molecule has 1 aliphatic heterocycles. The summed E-state index contributed by atoms with van der Waals surface area (Å²) in [5, 5.41) is 3.37. The summed E-state index contributed by atoms with van der Waals surface area (Å²) >= 11 is 0. The predicted octanol–water partition coefficient (Wildman–Crippen LogP) is 1.43. The Bertz CT molecular complexity index is 227. The fourth-order valence-corrected chi connectivity index (χ4v) is 2.02. The number of carbonyl (C=O) groups is 1. The number of nitrogens with zero attached hydrogens (tertiary/aromatic N) is 1. The number of rotatable bonds is 5. The van der Waals surface area contributed by atoms with Crippen LogP contribution in [0.15, 0.2) is 0 Å². The molecule has 0 bridgehead atoms. The number of hydrogen-bond acceptors (Lipinski definition) is 3. The summed E-state index contributed by atoms with van der Waals surface area (Å²) < 4.78 is 5.24. The van der Waals surface area contributed by atoms with E-state index in [0.29, 0.717) is 25.1 Å². The Hall–Kier alpha value is -0.320. The average molecular weight is 265 g/mol. The number of amides is 1. The number of nitrogens with one attached hydrogen (secondary N) is 1. The molecule has 1 rings (SSSR count). The Balaban J connectivity index is 0.00000256. The molecule has 0 saturated carbocycles. The molecule has 17 heavy (non-hydrogen) atoms. The third-order valence-electron chi connectivity index (χ3n) is 3.24. The largest absolute Gasteiger partial charge is 0.382 e. The minimum atomic E-state index is 0. The molecule has 1 aliphatic rings. The summed E-state index contributed by atoms with van der Waals surface area (Å²) in [6.07, 6.45) is 1.44. The van der Waals surface area contributed by atoms with Crippen molar-refractivity contribution in [2.75, 3.05) is 26.3 Å². The lowest BCUT2D eigenvalue weighted by molar-refractivity contribution is -0.135.